The Morgan fingerprint density at radius 3 is 2.36 bits per heavy atom. The van der Waals surface area contributed by atoms with Crippen molar-refractivity contribution in [2.75, 3.05) is 0 Å². The highest BCUT2D eigenvalue weighted by Gasteiger charge is 1.95. The van der Waals surface area contributed by atoms with Gasteiger partial charge in [0.2, 0.25) is 0 Å². The Labute approximate surface area is 79.8 Å². The van der Waals surface area contributed by atoms with Crippen LogP contribution in [-0.2, 0) is 9.59 Å². The van der Waals surface area contributed by atoms with Gasteiger partial charge in [-0.15, -0.1) is 0 Å². The summed E-state index contributed by atoms with van der Waals surface area (Å²) < 4.78 is 0. The van der Waals surface area contributed by atoms with Crippen LogP contribution in [0.1, 0.15) is 0 Å². The summed E-state index contributed by atoms with van der Waals surface area (Å²) in [6.07, 6.45) is 0. The lowest BCUT2D eigenvalue weighted by Gasteiger charge is -1.94. The first-order valence-electron chi connectivity index (χ1n) is 4.15. The monoisotopic (exact) mass is 182 g/mol. The summed E-state index contributed by atoms with van der Waals surface area (Å²) in [6.45, 7) is 0. The first-order chi connectivity index (χ1) is 6.86. The lowest BCUT2D eigenvalue weighted by molar-refractivity contribution is 0.564. The number of hydrogen-bond acceptors (Lipinski definition) is 2. The van der Waals surface area contributed by atoms with Gasteiger partial charge in [-0.05, 0) is 11.5 Å². The molecule has 2 heteroatoms. The average molecular weight is 182 g/mol. The molecule has 0 amide bonds. The molecule has 0 saturated heterocycles. The quantitative estimate of drug-likeness (QED) is 0.567. The molecule has 0 N–H and O–H groups in total. The Morgan fingerprint density at radius 1 is 0.857 bits per heavy atom. The predicted octanol–water partition coefficient (Wildman–Crippen LogP) is -0.154. The van der Waals surface area contributed by atoms with Crippen molar-refractivity contribution in [1.29, 1.82) is 0 Å². The van der Waals surface area contributed by atoms with Gasteiger partial charge < -0.3 is 0 Å². The Balaban J connectivity index is 3.24. The lowest BCUT2D eigenvalue weighted by atomic mass is 10.1. The Kier molecular flexibility index (Phi) is 2.00. The largest absolute Gasteiger partial charge is 0.233 e. The summed E-state index contributed by atoms with van der Waals surface area (Å²) in [7, 11) is 0. The molecule has 0 bridgehead atoms. The van der Waals surface area contributed by atoms with Gasteiger partial charge in [0.05, 0.1) is 10.4 Å². The normalized spacial score (nSPS) is 9.43. The van der Waals surface area contributed by atoms with Gasteiger partial charge in [-0.2, -0.15) is 0 Å². The summed E-state index contributed by atoms with van der Waals surface area (Å²) in [4.78, 5) is 21.2. The molecule has 0 aliphatic heterocycles. The van der Waals surface area contributed by atoms with E-state index in [9.17, 15) is 9.59 Å². The Morgan fingerprint density at radius 2 is 1.64 bits per heavy atom. The van der Waals surface area contributed by atoms with Crippen molar-refractivity contribution in [1.82, 2.24) is 0 Å². The molecule has 14 heavy (non-hydrogen) atoms. The molecule has 66 valence electrons. The van der Waals surface area contributed by atoms with E-state index in [1.165, 1.54) is 0 Å². The van der Waals surface area contributed by atoms with E-state index in [2.05, 4.69) is 0 Å². The van der Waals surface area contributed by atoms with E-state index in [1.807, 2.05) is 18.2 Å². The van der Waals surface area contributed by atoms with E-state index >= 15 is 0 Å². The van der Waals surface area contributed by atoms with Crippen molar-refractivity contribution >= 4 is 22.7 Å². The van der Waals surface area contributed by atoms with Crippen LogP contribution in [0.25, 0.3) is 10.8 Å². The van der Waals surface area contributed by atoms with Crippen LogP contribution < -0.4 is 10.4 Å². The van der Waals surface area contributed by atoms with Crippen molar-refractivity contribution in [3.8, 4) is 0 Å². The van der Waals surface area contributed by atoms with Crippen molar-refractivity contribution < 1.29 is 9.59 Å². The van der Waals surface area contributed by atoms with Crippen molar-refractivity contribution in [2.24, 2.45) is 0 Å². The topological polar surface area (TPSA) is 34.1 Å². The van der Waals surface area contributed by atoms with E-state index in [4.69, 9.17) is 0 Å². The second-order valence-corrected chi connectivity index (χ2v) is 2.91. The molecular weight excluding hydrogens is 176 g/mol. The molecule has 0 saturated carbocycles. The van der Waals surface area contributed by atoms with Crippen LogP contribution in [0.4, 0.5) is 0 Å². The SMILES string of the molecule is O=C=c1ccc2ccccc2c1=C=O. The van der Waals surface area contributed by atoms with E-state index in [0.717, 1.165) is 10.8 Å². The zero-order valence-corrected chi connectivity index (χ0v) is 7.28. The number of hydrogen-bond donors (Lipinski definition) is 0. The van der Waals surface area contributed by atoms with Crippen LogP contribution in [0.15, 0.2) is 36.4 Å². The third kappa shape index (κ3) is 1.16. The first-order valence-corrected chi connectivity index (χ1v) is 4.15. The minimum absolute atomic E-state index is 0.263. The summed E-state index contributed by atoms with van der Waals surface area (Å²) in [5, 5.41) is 2.21. The zero-order chi connectivity index (χ0) is 9.97. The summed E-state index contributed by atoms with van der Waals surface area (Å²) in [6, 6.07) is 10.7. The molecule has 0 radical (unpaired) electrons. The summed E-state index contributed by atoms with van der Waals surface area (Å²) in [5.74, 6) is 3.50. The highest BCUT2D eigenvalue weighted by Crippen LogP contribution is 2.05. The molecule has 0 aliphatic rings. The van der Waals surface area contributed by atoms with E-state index < -0.39 is 0 Å². The third-order valence-electron chi connectivity index (χ3n) is 2.14. The summed E-state index contributed by atoms with van der Waals surface area (Å²) in [5.41, 5.74) is 0. The third-order valence-corrected chi connectivity index (χ3v) is 2.14. The number of fused-ring (bicyclic) bond motifs is 1. The molecule has 0 heterocycles. The molecule has 0 unspecified atom stereocenters. The van der Waals surface area contributed by atoms with Crippen molar-refractivity contribution in [3.63, 3.8) is 0 Å². The Bertz CT molecular complexity index is 646. The van der Waals surface area contributed by atoms with Crippen LogP contribution in [0.2, 0.25) is 0 Å². The van der Waals surface area contributed by atoms with Gasteiger partial charge in [0, 0.05) is 5.39 Å². The second-order valence-electron chi connectivity index (χ2n) is 2.91. The van der Waals surface area contributed by atoms with Gasteiger partial charge in [0.1, 0.15) is 11.9 Å². The van der Waals surface area contributed by atoms with Gasteiger partial charge in [-0.25, -0.2) is 9.59 Å². The molecular formula is C12H6O2. The van der Waals surface area contributed by atoms with Gasteiger partial charge in [-0.3, -0.25) is 0 Å². The van der Waals surface area contributed by atoms with Crippen LogP contribution >= 0.6 is 0 Å². The molecule has 2 nitrogen and oxygen atoms in total. The lowest BCUT2D eigenvalue weighted by Crippen LogP contribution is -2.27. The van der Waals surface area contributed by atoms with Gasteiger partial charge in [0.15, 0.2) is 0 Å². The summed E-state index contributed by atoms with van der Waals surface area (Å²) >= 11 is 0. The molecule has 0 fully saturated rings. The maximum Gasteiger partial charge on any atom is 0.134 e. The highest BCUT2D eigenvalue weighted by molar-refractivity contribution is 5.86. The highest BCUT2D eigenvalue weighted by atomic mass is 16.1. The fraction of sp³-hybridized carbons (Fsp3) is 0. The average Bonchev–Trinajstić information content (AvgIpc) is 2.27. The molecule has 2 aromatic rings. The number of rotatable bonds is 0. The van der Waals surface area contributed by atoms with Crippen molar-refractivity contribution in [3.05, 3.63) is 46.8 Å². The number of carbonyl (C=O) groups excluding carboxylic acids is 2. The van der Waals surface area contributed by atoms with E-state index in [1.54, 1.807) is 30.1 Å². The van der Waals surface area contributed by atoms with Crippen LogP contribution in [0, 0.1) is 0 Å². The molecule has 0 spiro atoms. The van der Waals surface area contributed by atoms with Crippen LogP contribution in [0.3, 0.4) is 0 Å². The van der Waals surface area contributed by atoms with E-state index in [0.29, 0.717) is 0 Å². The predicted molar refractivity (Wildman–Crippen MR) is 52.8 cm³/mol. The maximum absolute atomic E-state index is 10.7. The molecule has 2 aromatic carbocycles. The van der Waals surface area contributed by atoms with Crippen LogP contribution in [-0.4, -0.2) is 11.9 Å². The minimum Gasteiger partial charge on any atom is -0.233 e. The zero-order valence-electron chi connectivity index (χ0n) is 7.28. The molecule has 0 aliphatic carbocycles. The molecule has 0 aromatic heterocycles. The first kappa shape index (κ1) is 8.46. The minimum atomic E-state index is 0.263. The Hall–Kier alpha value is -2.14. The van der Waals surface area contributed by atoms with Gasteiger partial charge in [0.25, 0.3) is 0 Å². The van der Waals surface area contributed by atoms with Gasteiger partial charge >= 0.3 is 0 Å². The smallest absolute Gasteiger partial charge is 0.134 e. The second kappa shape index (κ2) is 3.31. The number of benzene rings is 2. The molecule has 0 atom stereocenters. The fourth-order valence-electron chi connectivity index (χ4n) is 1.47. The standard InChI is InChI=1S/C12H6O2/c13-7-10-6-5-9-3-1-2-4-11(9)12(10)8-14/h1-6H. The van der Waals surface area contributed by atoms with Crippen LogP contribution in [0.5, 0.6) is 0 Å². The van der Waals surface area contributed by atoms with E-state index in [-0.39, 0.29) is 10.4 Å². The molecule has 2 rings (SSSR count). The fourth-order valence-corrected chi connectivity index (χ4v) is 1.47. The van der Waals surface area contributed by atoms with Gasteiger partial charge in [-0.1, -0.05) is 30.3 Å². The maximum atomic E-state index is 10.7. The van der Waals surface area contributed by atoms with Crippen molar-refractivity contribution in [2.45, 2.75) is 0 Å².